The smallest absolute Gasteiger partial charge is 0.241 e. The molecular formula is C27H24Cl2N2O2S. The highest BCUT2D eigenvalue weighted by atomic mass is 35.5. The first-order valence-corrected chi connectivity index (χ1v) is 13.3. The van der Waals surface area contributed by atoms with Crippen molar-refractivity contribution >= 4 is 44.0 Å². The summed E-state index contributed by atoms with van der Waals surface area (Å²) in [6.07, 6.45) is 0. The van der Waals surface area contributed by atoms with Gasteiger partial charge in [-0.15, -0.1) is 0 Å². The second kappa shape index (κ2) is 9.33. The number of nitrogens with zero attached hydrogens (tertiary/aromatic N) is 1. The molecule has 2 atom stereocenters. The van der Waals surface area contributed by atoms with Gasteiger partial charge < -0.3 is 0 Å². The number of rotatable bonds is 6. The third-order valence-corrected chi connectivity index (χ3v) is 8.61. The standard InChI is InChI=1S/C27H24Cl2N2O2S/c1-18-25(30-34(32,33)26-8-4-6-19-5-2-3-7-24(19)26)17-31(18)27(20-9-13-22(28)14-10-20)21-11-15-23(29)16-12-21/h2-16,18,25,27,30H,17H2,1H3/t18-,25+/m0/s1. The van der Waals surface area contributed by atoms with Crippen molar-refractivity contribution < 1.29 is 8.42 Å². The van der Waals surface area contributed by atoms with Crippen LogP contribution in [0.25, 0.3) is 10.8 Å². The quantitative estimate of drug-likeness (QED) is 0.331. The highest BCUT2D eigenvalue weighted by Crippen LogP contribution is 2.37. The van der Waals surface area contributed by atoms with Crippen molar-refractivity contribution in [1.82, 2.24) is 9.62 Å². The van der Waals surface area contributed by atoms with Crippen molar-refractivity contribution in [1.29, 1.82) is 0 Å². The monoisotopic (exact) mass is 510 g/mol. The van der Waals surface area contributed by atoms with E-state index in [4.69, 9.17) is 23.2 Å². The molecule has 7 heteroatoms. The fourth-order valence-corrected chi connectivity index (χ4v) is 6.46. The molecule has 4 aromatic rings. The zero-order chi connectivity index (χ0) is 23.9. The molecule has 0 aromatic heterocycles. The van der Waals surface area contributed by atoms with E-state index in [1.165, 1.54) is 0 Å². The third-order valence-electron chi connectivity index (χ3n) is 6.56. The molecule has 1 heterocycles. The lowest BCUT2D eigenvalue weighted by molar-refractivity contribution is 0.0370. The van der Waals surface area contributed by atoms with Gasteiger partial charge in [-0.05, 0) is 53.8 Å². The Kier molecular flexibility index (Phi) is 6.40. The zero-order valence-electron chi connectivity index (χ0n) is 18.5. The summed E-state index contributed by atoms with van der Waals surface area (Å²) in [5, 5.41) is 2.98. The fraction of sp³-hybridized carbons (Fsp3) is 0.185. The van der Waals surface area contributed by atoms with Crippen molar-refractivity contribution in [3.63, 3.8) is 0 Å². The van der Waals surface area contributed by atoms with Crippen molar-refractivity contribution in [3.05, 3.63) is 112 Å². The van der Waals surface area contributed by atoms with Gasteiger partial charge in [0.1, 0.15) is 0 Å². The van der Waals surface area contributed by atoms with E-state index >= 15 is 0 Å². The Morgan fingerprint density at radius 3 is 1.97 bits per heavy atom. The van der Waals surface area contributed by atoms with E-state index < -0.39 is 10.0 Å². The maximum atomic E-state index is 13.3. The second-order valence-corrected chi connectivity index (χ2v) is 11.2. The Bertz CT molecular complexity index is 1370. The highest BCUT2D eigenvalue weighted by molar-refractivity contribution is 7.89. The van der Waals surface area contributed by atoms with Gasteiger partial charge in [0.25, 0.3) is 0 Å². The summed E-state index contributed by atoms with van der Waals surface area (Å²) in [7, 11) is -3.68. The number of nitrogens with one attached hydrogen (secondary N) is 1. The SMILES string of the molecule is C[C@H]1[C@H](NS(=O)(=O)c2cccc3ccccc23)CN1C(c1ccc(Cl)cc1)c1ccc(Cl)cc1. The Hall–Kier alpha value is -2.41. The Balaban J connectivity index is 1.41. The van der Waals surface area contributed by atoms with Gasteiger partial charge in [-0.2, -0.15) is 0 Å². The lowest BCUT2D eigenvalue weighted by Gasteiger charge is -2.50. The molecule has 0 aliphatic carbocycles. The van der Waals surface area contributed by atoms with Crippen molar-refractivity contribution in [2.75, 3.05) is 6.54 Å². The number of sulfonamides is 1. The van der Waals surface area contributed by atoms with Crippen LogP contribution in [-0.4, -0.2) is 31.9 Å². The van der Waals surface area contributed by atoms with Gasteiger partial charge >= 0.3 is 0 Å². The van der Waals surface area contributed by atoms with E-state index in [9.17, 15) is 8.42 Å². The molecule has 174 valence electrons. The molecule has 1 fully saturated rings. The zero-order valence-corrected chi connectivity index (χ0v) is 20.9. The van der Waals surface area contributed by atoms with Gasteiger partial charge in [0, 0.05) is 28.0 Å². The molecule has 0 spiro atoms. The van der Waals surface area contributed by atoms with Gasteiger partial charge in [0.15, 0.2) is 0 Å². The van der Waals surface area contributed by atoms with E-state index in [1.54, 1.807) is 12.1 Å². The number of likely N-dealkylation sites (tertiary alicyclic amines) is 1. The lowest BCUT2D eigenvalue weighted by Crippen LogP contribution is -2.66. The number of benzene rings is 4. The molecule has 4 nitrogen and oxygen atoms in total. The normalized spacial score (nSPS) is 18.8. The second-order valence-electron chi connectivity index (χ2n) is 8.65. The van der Waals surface area contributed by atoms with Crippen LogP contribution in [0.1, 0.15) is 24.1 Å². The van der Waals surface area contributed by atoms with Crippen LogP contribution >= 0.6 is 23.2 Å². The minimum Gasteiger partial charge on any atom is -0.286 e. The number of halogens is 2. The van der Waals surface area contributed by atoms with Crippen LogP contribution in [0.2, 0.25) is 10.0 Å². The summed E-state index contributed by atoms with van der Waals surface area (Å²) in [6.45, 7) is 2.64. The summed E-state index contributed by atoms with van der Waals surface area (Å²) >= 11 is 12.3. The van der Waals surface area contributed by atoms with Gasteiger partial charge in [-0.3, -0.25) is 4.90 Å². The Morgan fingerprint density at radius 1 is 0.824 bits per heavy atom. The maximum Gasteiger partial charge on any atom is 0.241 e. The topological polar surface area (TPSA) is 49.4 Å². The average Bonchev–Trinajstić information content (AvgIpc) is 2.84. The van der Waals surface area contributed by atoms with E-state index in [0.29, 0.717) is 21.5 Å². The molecule has 1 aliphatic rings. The minimum absolute atomic E-state index is 0.0129. The fourth-order valence-electron chi connectivity index (χ4n) is 4.67. The van der Waals surface area contributed by atoms with Gasteiger partial charge in [0.2, 0.25) is 10.0 Å². The van der Waals surface area contributed by atoms with Gasteiger partial charge in [-0.1, -0.05) is 83.9 Å². The summed E-state index contributed by atoms with van der Waals surface area (Å²) in [6, 6.07) is 28.2. The largest absolute Gasteiger partial charge is 0.286 e. The van der Waals surface area contributed by atoms with Crippen molar-refractivity contribution in [2.45, 2.75) is 29.9 Å². The first-order valence-electron chi connectivity index (χ1n) is 11.1. The molecule has 34 heavy (non-hydrogen) atoms. The van der Waals surface area contributed by atoms with E-state index in [1.807, 2.05) is 78.9 Å². The molecule has 1 saturated heterocycles. The van der Waals surface area contributed by atoms with E-state index in [0.717, 1.165) is 21.9 Å². The molecule has 4 aromatic carbocycles. The summed E-state index contributed by atoms with van der Waals surface area (Å²) in [5.41, 5.74) is 2.18. The van der Waals surface area contributed by atoms with Gasteiger partial charge in [-0.25, -0.2) is 13.1 Å². The van der Waals surface area contributed by atoms with Crippen LogP contribution in [0, 0.1) is 0 Å². The molecule has 0 amide bonds. The molecule has 0 radical (unpaired) electrons. The highest BCUT2D eigenvalue weighted by Gasteiger charge is 2.43. The van der Waals surface area contributed by atoms with Crippen LogP contribution < -0.4 is 4.72 Å². The predicted octanol–water partition coefficient (Wildman–Crippen LogP) is 6.29. The first kappa shape index (κ1) is 23.3. The third kappa shape index (κ3) is 4.47. The summed E-state index contributed by atoms with van der Waals surface area (Å²) in [5.74, 6) is 0. The van der Waals surface area contributed by atoms with Gasteiger partial charge in [0.05, 0.1) is 17.0 Å². The average molecular weight is 511 g/mol. The van der Waals surface area contributed by atoms with Crippen LogP contribution in [0.5, 0.6) is 0 Å². The van der Waals surface area contributed by atoms with Crippen LogP contribution in [-0.2, 0) is 10.0 Å². The molecule has 1 aliphatic heterocycles. The van der Waals surface area contributed by atoms with E-state index in [-0.39, 0.29) is 18.1 Å². The Morgan fingerprint density at radius 2 is 1.38 bits per heavy atom. The lowest BCUT2D eigenvalue weighted by atomic mass is 9.89. The number of hydrogen-bond donors (Lipinski definition) is 1. The molecule has 0 bridgehead atoms. The summed E-state index contributed by atoms with van der Waals surface area (Å²) in [4.78, 5) is 2.60. The molecule has 5 rings (SSSR count). The molecule has 1 N–H and O–H groups in total. The number of hydrogen-bond acceptors (Lipinski definition) is 3. The molecular weight excluding hydrogens is 487 g/mol. The Labute approximate surface area is 210 Å². The van der Waals surface area contributed by atoms with Crippen LogP contribution in [0.4, 0.5) is 0 Å². The van der Waals surface area contributed by atoms with Crippen molar-refractivity contribution in [2.24, 2.45) is 0 Å². The maximum absolute atomic E-state index is 13.3. The summed E-state index contributed by atoms with van der Waals surface area (Å²) < 4.78 is 29.6. The van der Waals surface area contributed by atoms with Crippen LogP contribution in [0.15, 0.2) is 95.9 Å². The molecule has 0 unspecified atom stereocenters. The van der Waals surface area contributed by atoms with Crippen LogP contribution in [0.3, 0.4) is 0 Å². The molecule has 0 saturated carbocycles. The van der Waals surface area contributed by atoms with E-state index in [2.05, 4.69) is 16.5 Å². The predicted molar refractivity (Wildman–Crippen MR) is 139 cm³/mol. The first-order chi connectivity index (χ1) is 16.3. The number of fused-ring (bicyclic) bond motifs is 1. The minimum atomic E-state index is -3.68. The van der Waals surface area contributed by atoms with Crippen molar-refractivity contribution in [3.8, 4) is 0 Å².